The minimum absolute atomic E-state index is 0.167. The van der Waals surface area contributed by atoms with Crippen molar-refractivity contribution in [3.05, 3.63) is 23.8 Å². The summed E-state index contributed by atoms with van der Waals surface area (Å²) >= 11 is 0. The molecule has 0 heterocycles. The number of hydrogen-bond acceptors (Lipinski definition) is 5. The largest absolute Gasteiger partial charge is 0.478 e. The van der Waals surface area contributed by atoms with Crippen LogP contribution in [0.4, 0.5) is 11.4 Å². The quantitative estimate of drug-likeness (QED) is 0.395. The first-order chi connectivity index (χ1) is 6.04. The van der Waals surface area contributed by atoms with Crippen molar-refractivity contribution in [1.82, 2.24) is 0 Å². The molecule has 0 fully saturated rings. The Kier molecular flexibility index (Phi) is 2.36. The molecule has 0 radical (unpaired) electrons. The molecule has 1 rings (SSSR count). The van der Waals surface area contributed by atoms with Gasteiger partial charge in [0.2, 0.25) is 0 Å². The van der Waals surface area contributed by atoms with Crippen LogP contribution in [0.25, 0.3) is 0 Å². The van der Waals surface area contributed by atoms with Gasteiger partial charge >= 0.3 is 5.97 Å². The van der Waals surface area contributed by atoms with E-state index >= 15 is 0 Å². The fourth-order valence-corrected chi connectivity index (χ4v) is 0.914. The van der Waals surface area contributed by atoms with Gasteiger partial charge in [0.1, 0.15) is 5.69 Å². The number of anilines is 2. The second-order valence-corrected chi connectivity index (χ2v) is 2.33. The van der Waals surface area contributed by atoms with Crippen LogP contribution in [0.5, 0.6) is 0 Å². The third kappa shape index (κ3) is 1.68. The van der Waals surface area contributed by atoms with E-state index in [1.54, 1.807) is 0 Å². The number of carboxylic acid groups (broad SMARTS) is 1. The second-order valence-electron chi connectivity index (χ2n) is 2.33. The first-order valence-corrected chi connectivity index (χ1v) is 3.33. The summed E-state index contributed by atoms with van der Waals surface area (Å²) in [6.45, 7) is 0. The van der Waals surface area contributed by atoms with E-state index < -0.39 is 5.97 Å². The molecule has 70 valence electrons. The Morgan fingerprint density at radius 3 is 2.46 bits per heavy atom. The molecule has 13 heavy (non-hydrogen) atoms. The molecule has 0 spiro atoms. The van der Waals surface area contributed by atoms with Gasteiger partial charge in [-0.15, -0.1) is 5.23 Å². The highest BCUT2D eigenvalue weighted by Crippen LogP contribution is 2.24. The number of aromatic carboxylic acids is 1. The topological polar surface area (TPSA) is 107 Å². The van der Waals surface area contributed by atoms with Crippen molar-refractivity contribution in [2.45, 2.75) is 0 Å². The number of nitrogens with two attached hydrogens (primary N) is 1. The van der Waals surface area contributed by atoms with Gasteiger partial charge in [-0.05, 0) is 12.1 Å². The van der Waals surface area contributed by atoms with Crippen molar-refractivity contribution in [2.75, 3.05) is 11.0 Å². The van der Waals surface area contributed by atoms with E-state index in [1.807, 2.05) is 0 Å². The minimum atomic E-state index is -1.22. The smallest absolute Gasteiger partial charge is 0.337 e. The van der Waals surface area contributed by atoms with Crippen LogP contribution < -0.4 is 11.0 Å². The minimum Gasteiger partial charge on any atom is -0.478 e. The van der Waals surface area contributed by atoms with Crippen LogP contribution in [-0.2, 0) is 0 Å². The van der Waals surface area contributed by atoms with Crippen molar-refractivity contribution < 1.29 is 20.3 Å². The monoisotopic (exact) mass is 184 g/mol. The Morgan fingerprint density at radius 1 is 1.38 bits per heavy atom. The second kappa shape index (κ2) is 3.30. The predicted molar refractivity (Wildman–Crippen MR) is 43.9 cm³/mol. The Morgan fingerprint density at radius 2 is 2.00 bits per heavy atom. The zero-order valence-corrected chi connectivity index (χ0v) is 6.51. The van der Waals surface area contributed by atoms with Crippen molar-refractivity contribution in [3.8, 4) is 0 Å². The van der Waals surface area contributed by atoms with Gasteiger partial charge in [0, 0.05) is 0 Å². The average Bonchev–Trinajstić information content (AvgIpc) is 2.03. The number of rotatable bonds is 2. The maximum atomic E-state index is 10.5. The van der Waals surface area contributed by atoms with Gasteiger partial charge in [0.25, 0.3) is 0 Å². The van der Waals surface area contributed by atoms with E-state index in [0.29, 0.717) is 0 Å². The van der Waals surface area contributed by atoms with E-state index in [-0.39, 0.29) is 22.2 Å². The van der Waals surface area contributed by atoms with Crippen molar-refractivity contribution in [3.63, 3.8) is 0 Å². The summed E-state index contributed by atoms with van der Waals surface area (Å²) in [4.78, 5) is 10.5. The molecule has 1 aromatic rings. The van der Waals surface area contributed by atoms with E-state index in [2.05, 4.69) is 0 Å². The van der Waals surface area contributed by atoms with Crippen LogP contribution in [0.1, 0.15) is 10.4 Å². The molecular formula is C7H8N2O4. The zero-order chi connectivity index (χ0) is 10.0. The summed E-state index contributed by atoms with van der Waals surface area (Å²) in [5, 5.41) is 25.6. The maximum absolute atomic E-state index is 10.5. The third-order valence-corrected chi connectivity index (χ3v) is 1.53. The summed E-state index contributed by atoms with van der Waals surface area (Å²) in [5.74, 6) is -1.22. The first-order valence-electron chi connectivity index (χ1n) is 3.33. The lowest BCUT2D eigenvalue weighted by Crippen LogP contribution is -2.15. The van der Waals surface area contributed by atoms with Crippen molar-refractivity contribution >= 4 is 17.3 Å². The van der Waals surface area contributed by atoms with Crippen LogP contribution in [0.15, 0.2) is 18.2 Å². The molecule has 0 aliphatic carbocycles. The summed E-state index contributed by atoms with van der Waals surface area (Å²) in [5.41, 5.74) is 4.81. The highest BCUT2D eigenvalue weighted by atomic mass is 16.8. The fourth-order valence-electron chi connectivity index (χ4n) is 0.914. The number of nitrogen functional groups attached to an aromatic ring is 1. The summed E-state index contributed by atoms with van der Waals surface area (Å²) in [7, 11) is 0. The molecule has 0 bridgehead atoms. The average molecular weight is 184 g/mol. The standard InChI is InChI=1S/C7H8N2O4/c8-6-4(7(10)11)2-1-3-5(6)9(12)13/h1-3,12-13H,8H2,(H,10,11). The van der Waals surface area contributed by atoms with E-state index in [0.717, 1.165) is 0 Å². The van der Waals surface area contributed by atoms with Crippen LogP contribution in [0.2, 0.25) is 0 Å². The molecule has 0 atom stereocenters. The van der Waals surface area contributed by atoms with Crippen LogP contribution in [-0.4, -0.2) is 21.5 Å². The number of para-hydroxylation sites is 1. The molecule has 0 aromatic heterocycles. The van der Waals surface area contributed by atoms with Gasteiger partial charge in [0.15, 0.2) is 0 Å². The Hall–Kier alpha value is -1.79. The summed E-state index contributed by atoms with van der Waals surface area (Å²) < 4.78 is 0. The van der Waals surface area contributed by atoms with Gasteiger partial charge in [-0.1, -0.05) is 6.07 Å². The van der Waals surface area contributed by atoms with Crippen LogP contribution in [0.3, 0.4) is 0 Å². The third-order valence-electron chi connectivity index (χ3n) is 1.53. The zero-order valence-electron chi connectivity index (χ0n) is 6.51. The lowest BCUT2D eigenvalue weighted by Gasteiger charge is -2.11. The van der Waals surface area contributed by atoms with Gasteiger partial charge < -0.3 is 10.8 Å². The molecule has 0 unspecified atom stereocenters. The number of carbonyl (C=O) groups is 1. The molecule has 0 saturated heterocycles. The predicted octanol–water partition coefficient (Wildman–Crippen LogP) is 0.552. The number of benzene rings is 1. The maximum Gasteiger partial charge on any atom is 0.337 e. The molecule has 0 saturated carbocycles. The molecule has 5 N–H and O–H groups in total. The molecule has 1 aromatic carbocycles. The Balaban J connectivity index is 3.26. The van der Waals surface area contributed by atoms with E-state index in [9.17, 15) is 4.79 Å². The van der Waals surface area contributed by atoms with Crippen LogP contribution >= 0.6 is 0 Å². The number of nitrogens with zero attached hydrogens (tertiary/aromatic N) is 1. The van der Waals surface area contributed by atoms with Gasteiger partial charge in [-0.25, -0.2) is 4.79 Å². The lowest BCUT2D eigenvalue weighted by molar-refractivity contribution is 0.0295. The lowest BCUT2D eigenvalue weighted by atomic mass is 10.1. The highest BCUT2D eigenvalue weighted by molar-refractivity contribution is 5.96. The molecule has 0 aliphatic heterocycles. The van der Waals surface area contributed by atoms with Crippen LogP contribution in [0, 0.1) is 0 Å². The summed E-state index contributed by atoms with van der Waals surface area (Å²) in [6, 6.07) is 3.90. The van der Waals surface area contributed by atoms with Crippen molar-refractivity contribution in [2.24, 2.45) is 0 Å². The van der Waals surface area contributed by atoms with Gasteiger partial charge in [-0.3, -0.25) is 10.4 Å². The highest BCUT2D eigenvalue weighted by Gasteiger charge is 2.13. The van der Waals surface area contributed by atoms with Crippen molar-refractivity contribution in [1.29, 1.82) is 0 Å². The summed E-state index contributed by atoms with van der Waals surface area (Å²) in [6.07, 6.45) is 0. The van der Waals surface area contributed by atoms with E-state index in [4.69, 9.17) is 21.3 Å². The molecular weight excluding hydrogens is 176 g/mol. The number of hydrogen-bond donors (Lipinski definition) is 4. The van der Waals surface area contributed by atoms with Gasteiger partial charge in [-0.2, -0.15) is 0 Å². The first kappa shape index (κ1) is 9.30. The molecule has 0 amide bonds. The fraction of sp³-hybridized carbons (Fsp3) is 0. The Labute approximate surface area is 73.3 Å². The normalized spacial score (nSPS) is 9.69. The SMILES string of the molecule is Nc1c(C(=O)O)cccc1N(O)O. The number of carboxylic acids is 1. The molecule has 6 heteroatoms. The van der Waals surface area contributed by atoms with E-state index in [1.165, 1.54) is 18.2 Å². The molecule has 6 nitrogen and oxygen atoms in total. The molecule has 0 aliphatic rings. The van der Waals surface area contributed by atoms with Gasteiger partial charge in [0.05, 0.1) is 11.3 Å². The Bertz CT molecular complexity index is 337.